The van der Waals surface area contributed by atoms with Crippen molar-refractivity contribution in [1.82, 2.24) is 5.32 Å². The van der Waals surface area contributed by atoms with Crippen LogP contribution in [0.25, 0.3) is 0 Å². The molecule has 2 fully saturated rings. The Balaban J connectivity index is 1.56. The van der Waals surface area contributed by atoms with Crippen LogP contribution in [0.3, 0.4) is 0 Å². The Kier molecular flexibility index (Phi) is 5.83. The van der Waals surface area contributed by atoms with E-state index in [1.807, 2.05) is 0 Å². The molecule has 1 aliphatic heterocycles. The molecular weight excluding hydrogens is 258 g/mol. The highest BCUT2D eigenvalue weighted by Crippen LogP contribution is 2.28. The van der Waals surface area contributed by atoms with Gasteiger partial charge in [-0.1, -0.05) is 0 Å². The van der Waals surface area contributed by atoms with Crippen LogP contribution >= 0.6 is 0 Å². The van der Waals surface area contributed by atoms with E-state index in [-0.39, 0.29) is 17.9 Å². The SMILES string of the molecule is O=C(CCC1CCCO1)NCC1CCC(C(=O)O)CC1. The van der Waals surface area contributed by atoms with Crippen LogP contribution in [0.2, 0.25) is 0 Å². The van der Waals surface area contributed by atoms with Crippen LogP contribution < -0.4 is 5.32 Å². The van der Waals surface area contributed by atoms with Gasteiger partial charge in [0.1, 0.15) is 0 Å². The Morgan fingerprint density at radius 2 is 1.90 bits per heavy atom. The van der Waals surface area contributed by atoms with Crippen molar-refractivity contribution in [2.75, 3.05) is 13.2 Å². The van der Waals surface area contributed by atoms with Gasteiger partial charge in [0, 0.05) is 19.6 Å². The van der Waals surface area contributed by atoms with Crippen molar-refractivity contribution < 1.29 is 19.4 Å². The van der Waals surface area contributed by atoms with Gasteiger partial charge in [-0.2, -0.15) is 0 Å². The van der Waals surface area contributed by atoms with Crippen molar-refractivity contribution in [3.8, 4) is 0 Å². The highest BCUT2D eigenvalue weighted by molar-refractivity contribution is 5.75. The second kappa shape index (κ2) is 7.62. The number of carboxylic acid groups (broad SMARTS) is 1. The number of ether oxygens (including phenoxy) is 1. The Hall–Kier alpha value is -1.10. The van der Waals surface area contributed by atoms with Crippen molar-refractivity contribution in [2.24, 2.45) is 11.8 Å². The summed E-state index contributed by atoms with van der Waals surface area (Å²) in [5.74, 6) is -0.316. The lowest BCUT2D eigenvalue weighted by Gasteiger charge is -2.26. The Bertz CT molecular complexity index is 331. The second-order valence-electron chi connectivity index (χ2n) is 6.03. The minimum atomic E-state index is -0.677. The summed E-state index contributed by atoms with van der Waals surface area (Å²) < 4.78 is 5.50. The minimum absolute atomic E-state index is 0.0980. The molecule has 0 aromatic heterocycles. The number of aliphatic carboxylic acids is 1. The van der Waals surface area contributed by atoms with Crippen molar-refractivity contribution >= 4 is 11.9 Å². The summed E-state index contributed by atoms with van der Waals surface area (Å²) >= 11 is 0. The second-order valence-corrected chi connectivity index (χ2v) is 6.03. The molecule has 114 valence electrons. The van der Waals surface area contributed by atoms with Crippen LogP contribution in [0, 0.1) is 11.8 Å². The molecule has 1 saturated heterocycles. The van der Waals surface area contributed by atoms with Crippen molar-refractivity contribution in [2.45, 2.75) is 57.5 Å². The number of hydrogen-bond donors (Lipinski definition) is 2. The normalized spacial score (nSPS) is 30.1. The Morgan fingerprint density at radius 1 is 1.15 bits per heavy atom. The monoisotopic (exact) mass is 283 g/mol. The molecule has 0 bridgehead atoms. The van der Waals surface area contributed by atoms with E-state index in [1.54, 1.807) is 0 Å². The molecule has 2 N–H and O–H groups in total. The molecule has 0 aromatic carbocycles. The van der Waals surface area contributed by atoms with E-state index in [2.05, 4.69) is 5.32 Å². The smallest absolute Gasteiger partial charge is 0.306 e. The van der Waals surface area contributed by atoms with Gasteiger partial charge in [0.2, 0.25) is 5.91 Å². The van der Waals surface area contributed by atoms with Crippen LogP contribution in [0.15, 0.2) is 0 Å². The first kappa shape index (κ1) is 15.3. The fraction of sp³-hybridized carbons (Fsp3) is 0.867. The quantitative estimate of drug-likeness (QED) is 0.781. The van der Waals surface area contributed by atoms with Gasteiger partial charge in [-0.3, -0.25) is 9.59 Å². The predicted molar refractivity (Wildman–Crippen MR) is 74.3 cm³/mol. The summed E-state index contributed by atoms with van der Waals surface area (Å²) in [7, 11) is 0. The molecule has 1 aliphatic carbocycles. The molecular formula is C15H25NO4. The highest BCUT2D eigenvalue weighted by Gasteiger charge is 2.26. The number of nitrogens with one attached hydrogen (secondary N) is 1. The minimum Gasteiger partial charge on any atom is -0.481 e. The van der Waals surface area contributed by atoms with Gasteiger partial charge >= 0.3 is 5.97 Å². The fourth-order valence-corrected chi connectivity index (χ4v) is 3.12. The molecule has 1 saturated carbocycles. The van der Waals surface area contributed by atoms with Gasteiger partial charge in [-0.15, -0.1) is 0 Å². The predicted octanol–water partition coefficient (Wildman–Crippen LogP) is 1.95. The summed E-state index contributed by atoms with van der Waals surface area (Å²) in [6.07, 6.45) is 7.11. The molecule has 0 radical (unpaired) electrons. The van der Waals surface area contributed by atoms with Crippen LogP contribution in [-0.2, 0) is 14.3 Å². The molecule has 2 aliphatic rings. The summed E-state index contributed by atoms with van der Waals surface area (Å²) in [5, 5.41) is 11.9. The summed E-state index contributed by atoms with van der Waals surface area (Å²) in [5.41, 5.74) is 0. The Morgan fingerprint density at radius 3 is 2.50 bits per heavy atom. The maximum absolute atomic E-state index is 11.8. The molecule has 1 atom stereocenters. The molecule has 0 spiro atoms. The van der Waals surface area contributed by atoms with Gasteiger partial charge < -0.3 is 15.2 Å². The van der Waals surface area contributed by atoms with E-state index >= 15 is 0 Å². The van der Waals surface area contributed by atoms with E-state index in [1.165, 1.54) is 0 Å². The fourth-order valence-electron chi connectivity index (χ4n) is 3.12. The maximum atomic E-state index is 11.8. The molecule has 1 amide bonds. The number of rotatable bonds is 6. The van der Waals surface area contributed by atoms with Crippen molar-refractivity contribution in [3.05, 3.63) is 0 Å². The van der Waals surface area contributed by atoms with E-state index < -0.39 is 5.97 Å². The first-order valence-corrected chi connectivity index (χ1v) is 7.76. The van der Waals surface area contributed by atoms with Gasteiger partial charge in [0.15, 0.2) is 0 Å². The van der Waals surface area contributed by atoms with Crippen LogP contribution in [0.1, 0.15) is 51.4 Å². The number of carbonyl (C=O) groups excluding carboxylic acids is 1. The van der Waals surface area contributed by atoms with Crippen LogP contribution in [0.5, 0.6) is 0 Å². The topological polar surface area (TPSA) is 75.6 Å². The maximum Gasteiger partial charge on any atom is 0.306 e. The molecule has 2 rings (SSSR count). The molecule has 1 unspecified atom stereocenters. The lowest BCUT2D eigenvalue weighted by atomic mass is 9.82. The van der Waals surface area contributed by atoms with Crippen molar-refractivity contribution in [3.63, 3.8) is 0 Å². The largest absolute Gasteiger partial charge is 0.481 e. The van der Waals surface area contributed by atoms with Crippen LogP contribution in [-0.4, -0.2) is 36.2 Å². The molecule has 20 heavy (non-hydrogen) atoms. The zero-order chi connectivity index (χ0) is 14.4. The average Bonchev–Trinajstić information content (AvgIpc) is 2.96. The van der Waals surface area contributed by atoms with E-state index in [0.717, 1.165) is 51.6 Å². The van der Waals surface area contributed by atoms with E-state index in [0.29, 0.717) is 18.9 Å². The van der Waals surface area contributed by atoms with E-state index in [9.17, 15) is 9.59 Å². The summed E-state index contributed by atoms with van der Waals surface area (Å²) in [4.78, 5) is 22.6. The first-order chi connectivity index (χ1) is 9.65. The van der Waals surface area contributed by atoms with Crippen LogP contribution in [0.4, 0.5) is 0 Å². The lowest BCUT2D eigenvalue weighted by molar-refractivity contribution is -0.143. The van der Waals surface area contributed by atoms with E-state index in [4.69, 9.17) is 9.84 Å². The van der Waals surface area contributed by atoms with Gasteiger partial charge in [-0.25, -0.2) is 0 Å². The Labute approximate surface area is 120 Å². The molecule has 5 nitrogen and oxygen atoms in total. The number of amides is 1. The lowest BCUT2D eigenvalue weighted by Crippen LogP contribution is -2.32. The number of carboxylic acids is 1. The number of hydrogen-bond acceptors (Lipinski definition) is 3. The first-order valence-electron chi connectivity index (χ1n) is 7.76. The molecule has 5 heteroatoms. The molecule has 1 heterocycles. The zero-order valence-corrected chi connectivity index (χ0v) is 12.0. The standard InChI is InChI=1S/C15H25NO4/c17-14(8-7-13-2-1-9-20-13)16-10-11-3-5-12(6-4-11)15(18)19/h11-13H,1-10H2,(H,16,17)(H,18,19). The summed E-state index contributed by atoms with van der Waals surface area (Å²) in [6, 6.07) is 0. The highest BCUT2D eigenvalue weighted by atomic mass is 16.5. The third-order valence-corrected chi connectivity index (χ3v) is 4.50. The van der Waals surface area contributed by atoms with Gasteiger partial charge in [0.05, 0.1) is 12.0 Å². The third-order valence-electron chi connectivity index (χ3n) is 4.50. The average molecular weight is 283 g/mol. The van der Waals surface area contributed by atoms with Gasteiger partial charge in [0.25, 0.3) is 0 Å². The summed E-state index contributed by atoms with van der Waals surface area (Å²) in [6.45, 7) is 1.52. The van der Waals surface area contributed by atoms with Gasteiger partial charge in [-0.05, 0) is 50.9 Å². The van der Waals surface area contributed by atoms with Crippen molar-refractivity contribution in [1.29, 1.82) is 0 Å². The number of carbonyl (C=O) groups is 2. The third kappa shape index (κ3) is 4.78. The zero-order valence-electron chi connectivity index (χ0n) is 12.0. The molecule has 0 aromatic rings.